The van der Waals surface area contributed by atoms with Crippen molar-refractivity contribution in [2.75, 3.05) is 0 Å². The quantitative estimate of drug-likeness (QED) is 0.808. The van der Waals surface area contributed by atoms with Gasteiger partial charge in [0.25, 0.3) is 0 Å². The summed E-state index contributed by atoms with van der Waals surface area (Å²) in [5.41, 5.74) is 10.2. The summed E-state index contributed by atoms with van der Waals surface area (Å²) < 4.78 is 1.80. The summed E-state index contributed by atoms with van der Waals surface area (Å²) in [4.78, 5) is 4.46. The average molecular weight is 301 g/mol. The van der Waals surface area contributed by atoms with Crippen molar-refractivity contribution in [1.29, 1.82) is 0 Å². The van der Waals surface area contributed by atoms with Crippen LogP contribution in [0.1, 0.15) is 23.0 Å². The Bertz CT molecular complexity index is 789. The second-order valence-electron chi connectivity index (χ2n) is 5.20. The molecule has 21 heavy (non-hydrogen) atoms. The fourth-order valence-electron chi connectivity index (χ4n) is 2.65. The maximum absolute atomic E-state index is 6.40. The number of aryl methyl sites for hydroxylation is 2. The van der Waals surface area contributed by atoms with E-state index in [1.54, 1.807) is 10.9 Å². The first kappa shape index (κ1) is 14.0. The smallest absolute Gasteiger partial charge is 0.0847 e. The molecule has 1 aromatic carbocycles. The number of rotatable bonds is 3. The number of aromatic nitrogens is 3. The zero-order valence-electron chi connectivity index (χ0n) is 12.0. The Hall–Kier alpha value is -1.91. The van der Waals surface area contributed by atoms with Crippen LogP contribution in [0.15, 0.2) is 36.5 Å². The van der Waals surface area contributed by atoms with Gasteiger partial charge in [-0.2, -0.15) is 5.10 Å². The van der Waals surface area contributed by atoms with Gasteiger partial charge in [0.15, 0.2) is 0 Å². The zero-order chi connectivity index (χ0) is 15.0. The fraction of sp³-hybridized carbons (Fsp3) is 0.250. The van der Waals surface area contributed by atoms with Crippen molar-refractivity contribution < 1.29 is 0 Å². The largest absolute Gasteiger partial charge is 0.324 e. The highest BCUT2D eigenvalue weighted by atomic mass is 35.5. The van der Waals surface area contributed by atoms with E-state index in [0.717, 1.165) is 27.9 Å². The highest BCUT2D eigenvalue weighted by Crippen LogP contribution is 2.27. The van der Waals surface area contributed by atoms with Gasteiger partial charge in [0, 0.05) is 31.1 Å². The molecular weight excluding hydrogens is 284 g/mol. The maximum atomic E-state index is 6.40. The lowest BCUT2D eigenvalue weighted by atomic mass is 9.99. The van der Waals surface area contributed by atoms with Gasteiger partial charge < -0.3 is 5.73 Å². The maximum Gasteiger partial charge on any atom is 0.0847 e. The molecule has 2 aromatic heterocycles. The van der Waals surface area contributed by atoms with Crippen molar-refractivity contribution in [1.82, 2.24) is 14.8 Å². The molecule has 0 bridgehead atoms. The molecular formula is C16H17ClN4. The predicted octanol–water partition coefficient (Wildman–Crippen LogP) is 3.17. The highest BCUT2D eigenvalue weighted by Gasteiger charge is 2.17. The van der Waals surface area contributed by atoms with Crippen LogP contribution >= 0.6 is 11.6 Å². The van der Waals surface area contributed by atoms with Gasteiger partial charge in [-0.15, -0.1) is 0 Å². The van der Waals surface area contributed by atoms with Crippen LogP contribution in [0.3, 0.4) is 0 Å². The van der Waals surface area contributed by atoms with E-state index < -0.39 is 0 Å². The molecule has 3 aromatic rings. The first-order valence-electron chi connectivity index (χ1n) is 6.85. The molecule has 0 aliphatic rings. The lowest BCUT2D eigenvalue weighted by molar-refractivity contribution is 0.642. The first-order chi connectivity index (χ1) is 10.1. The third-order valence-electron chi connectivity index (χ3n) is 3.74. The Morgan fingerprint density at radius 2 is 2.05 bits per heavy atom. The first-order valence-corrected chi connectivity index (χ1v) is 7.23. The third-order valence-corrected chi connectivity index (χ3v) is 4.23. The van der Waals surface area contributed by atoms with Crippen LogP contribution in [-0.4, -0.2) is 14.8 Å². The molecule has 5 heteroatoms. The standard InChI is InChI=1S/C16H17ClN4/c1-10-15(17)14(21(2)20-10)9-13(18)12-7-3-5-11-6-4-8-19-16(11)12/h3-8,13H,9,18H2,1-2H3. The number of hydrogen-bond donors (Lipinski definition) is 1. The van der Waals surface area contributed by atoms with E-state index in [9.17, 15) is 0 Å². The Balaban J connectivity index is 1.99. The van der Waals surface area contributed by atoms with E-state index in [-0.39, 0.29) is 6.04 Å². The van der Waals surface area contributed by atoms with Crippen molar-refractivity contribution in [2.24, 2.45) is 12.8 Å². The molecule has 0 fully saturated rings. The Morgan fingerprint density at radius 1 is 1.29 bits per heavy atom. The van der Waals surface area contributed by atoms with Crippen LogP contribution in [0.4, 0.5) is 0 Å². The number of nitrogens with zero attached hydrogens (tertiary/aromatic N) is 3. The molecule has 0 aliphatic heterocycles. The van der Waals surface area contributed by atoms with Gasteiger partial charge in [0.1, 0.15) is 0 Å². The van der Waals surface area contributed by atoms with E-state index in [1.165, 1.54) is 0 Å². The summed E-state index contributed by atoms with van der Waals surface area (Å²) in [6.07, 6.45) is 2.42. The third kappa shape index (κ3) is 2.52. The van der Waals surface area contributed by atoms with E-state index in [0.29, 0.717) is 11.4 Å². The SMILES string of the molecule is Cc1nn(C)c(CC(N)c2cccc3cccnc23)c1Cl. The molecule has 0 aliphatic carbocycles. The number of pyridine rings is 1. The van der Waals surface area contributed by atoms with Crippen LogP contribution in [0.2, 0.25) is 5.02 Å². The van der Waals surface area contributed by atoms with E-state index in [1.807, 2.05) is 44.3 Å². The second-order valence-corrected chi connectivity index (χ2v) is 5.58. The van der Waals surface area contributed by atoms with Crippen LogP contribution < -0.4 is 5.73 Å². The molecule has 0 saturated heterocycles. The molecule has 0 amide bonds. The van der Waals surface area contributed by atoms with Gasteiger partial charge in [-0.05, 0) is 18.6 Å². The average Bonchev–Trinajstić information content (AvgIpc) is 2.73. The molecule has 1 unspecified atom stereocenters. The molecule has 108 valence electrons. The van der Waals surface area contributed by atoms with Crippen molar-refractivity contribution >= 4 is 22.5 Å². The normalized spacial score (nSPS) is 12.8. The number of hydrogen-bond acceptors (Lipinski definition) is 3. The fourth-order valence-corrected chi connectivity index (χ4v) is 2.88. The number of fused-ring (bicyclic) bond motifs is 1. The molecule has 4 nitrogen and oxygen atoms in total. The van der Waals surface area contributed by atoms with Gasteiger partial charge in [0.2, 0.25) is 0 Å². The van der Waals surface area contributed by atoms with Crippen molar-refractivity contribution in [3.05, 3.63) is 58.5 Å². The number of para-hydroxylation sites is 1. The zero-order valence-corrected chi connectivity index (χ0v) is 12.8. The topological polar surface area (TPSA) is 56.7 Å². The Kier molecular flexibility index (Phi) is 3.66. The van der Waals surface area contributed by atoms with Crippen LogP contribution in [0.5, 0.6) is 0 Å². The van der Waals surface area contributed by atoms with Gasteiger partial charge in [0.05, 0.1) is 21.9 Å². The number of halogens is 1. The molecule has 2 N–H and O–H groups in total. The number of nitrogens with two attached hydrogens (primary N) is 1. The summed E-state index contributed by atoms with van der Waals surface area (Å²) in [6.45, 7) is 1.90. The molecule has 2 heterocycles. The van der Waals surface area contributed by atoms with E-state index in [2.05, 4.69) is 10.1 Å². The summed E-state index contributed by atoms with van der Waals surface area (Å²) in [7, 11) is 1.89. The lowest BCUT2D eigenvalue weighted by Crippen LogP contribution is -2.16. The van der Waals surface area contributed by atoms with Crippen molar-refractivity contribution in [2.45, 2.75) is 19.4 Å². The van der Waals surface area contributed by atoms with Crippen molar-refractivity contribution in [3.8, 4) is 0 Å². The van der Waals surface area contributed by atoms with Crippen LogP contribution in [0, 0.1) is 6.92 Å². The molecule has 0 saturated carbocycles. The Labute approximate surface area is 128 Å². The van der Waals surface area contributed by atoms with Crippen molar-refractivity contribution in [3.63, 3.8) is 0 Å². The van der Waals surface area contributed by atoms with Gasteiger partial charge in [-0.1, -0.05) is 35.9 Å². The molecule has 0 spiro atoms. The second kappa shape index (κ2) is 5.47. The minimum absolute atomic E-state index is 0.170. The van der Waals surface area contributed by atoms with Crippen LogP contribution in [-0.2, 0) is 13.5 Å². The molecule has 0 radical (unpaired) electrons. The monoisotopic (exact) mass is 300 g/mol. The summed E-state index contributed by atoms with van der Waals surface area (Å²) >= 11 is 6.31. The van der Waals surface area contributed by atoms with Crippen LogP contribution in [0.25, 0.3) is 10.9 Å². The highest BCUT2D eigenvalue weighted by molar-refractivity contribution is 6.31. The van der Waals surface area contributed by atoms with E-state index in [4.69, 9.17) is 17.3 Å². The summed E-state index contributed by atoms with van der Waals surface area (Å²) in [5.74, 6) is 0. The summed E-state index contributed by atoms with van der Waals surface area (Å²) in [5, 5.41) is 6.12. The molecule has 3 rings (SSSR count). The number of benzene rings is 1. The summed E-state index contributed by atoms with van der Waals surface area (Å²) in [6, 6.07) is 9.88. The van der Waals surface area contributed by atoms with E-state index >= 15 is 0 Å². The predicted molar refractivity (Wildman–Crippen MR) is 85.3 cm³/mol. The van der Waals surface area contributed by atoms with Gasteiger partial charge in [-0.25, -0.2) is 0 Å². The molecule has 1 atom stereocenters. The lowest BCUT2D eigenvalue weighted by Gasteiger charge is -2.14. The minimum atomic E-state index is -0.170. The minimum Gasteiger partial charge on any atom is -0.324 e. The van der Waals surface area contributed by atoms with Gasteiger partial charge >= 0.3 is 0 Å². The Morgan fingerprint density at radius 3 is 2.76 bits per heavy atom. The van der Waals surface area contributed by atoms with Gasteiger partial charge in [-0.3, -0.25) is 9.67 Å².